The van der Waals surface area contributed by atoms with E-state index in [-0.39, 0.29) is 10.3 Å². The van der Waals surface area contributed by atoms with Crippen LogP contribution in [0.25, 0.3) is 0 Å². The van der Waals surface area contributed by atoms with Gasteiger partial charge in [-0.1, -0.05) is 0 Å². The van der Waals surface area contributed by atoms with Crippen molar-refractivity contribution in [2.24, 2.45) is 11.8 Å². The van der Waals surface area contributed by atoms with Gasteiger partial charge in [-0.3, -0.25) is 0 Å². The molecule has 0 heterocycles. The maximum Gasteiger partial charge on any atom is 0.138 e. The van der Waals surface area contributed by atoms with Crippen molar-refractivity contribution in [3.05, 3.63) is 0 Å². The molecule has 3 nitrogen and oxygen atoms in total. The highest BCUT2D eigenvalue weighted by molar-refractivity contribution is 8.20. The fourth-order valence-corrected chi connectivity index (χ4v) is 15.6. The second kappa shape index (κ2) is 4.85. The van der Waals surface area contributed by atoms with Crippen molar-refractivity contribution >= 4 is 36.4 Å². The lowest BCUT2D eigenvalue weighted by molar-refractivity contribution is 0.459. The molecule has 2 atom stereocenters. The van der Waals surface area contributed by atoms with Gasteiger partial charge in [0.1, 0.15) is 12.8 Å². The second-order valence-corrected chi connectivity index (χ2v) is 16.2. The van der Waals surface area contributed by atoms with Crippen molar-refractivity contribution in [2.75, 3.05) is 0 Å². The highest BCUT2D eigenvalue weighted by Gasteiger charge is 2.58. The van der Waals surface area contributed by atoms with Crippen molar-refractivity contribution in [1.29, 1.82) is 0 Å². The van der Waals surface area contributed by atoms with E-state index in [4.69, 9.17) is 23.6 Å². The van der Waals surface area contributed by atoms with Gasteiger partial charge in [0.15, 0.2) is 0 Å². The highest BCUT2D eigenvalue weighted by Crippen LogP contribution is 2.75. The molecule has 4 bridgehead atoms. The Kier molecular flexibility index (Phi) is 3.62. The number of nitrogens with one attached hydrogen (secondary N) is 1. The summed E-state index contributed by atoms with van der Waals surface area (Å²) in [5, 5.41) is -0.236. The summed E-state index contributed by atoms with van der Waals surface area (Å²) in [6.45, 7) is 0. The number of rotatable bonds is 4. The third-order valence-corrected chi connectivity index (χ3v) is 16.8. The van der Waals surface area contributed by atoms with Gasteiger partial charge < -0.3 is 9.79 Å². The Morgan fingerprint density at radius 2 is 1.10 bits per heavy atom. The van der Waals surface area contributed by atoms with E-state index in [1.165, 1.54) is 25.7 Å². The largest absolute Gasteiger partial charge is 0.353 e. The molecule has 4 saturated carbocycles. The van der Waals surface area contributed by atoms with Crippen LogP contribution in [0.5, 0.6) is 0 Å². The van der Waals surface area contributed by atoms with Crippen LogP contribution in [0.4, 0.5) is 0 Å². The maximum absolute atomic E-state index is 11.1. The van der Waals surface area contributed by atoms with E-state index in [0.29, 0.717) is 0 Å². The van der Waals surface area contributed by atoms with Crippen LogP contribution in [0.1, 0.15) is 64.2 Å². The summed E-state index contributed by atoms with van der Waals surface area (Å²) in [6.07, 6.45) is 5.50. The number of fused-ring (bicyclic) bond motifs is 4. The Morgan fingerprint density at radius 3 is 1.33 bits per heavy atom. The molecule has 2 unspecified atom stereocenters. The van der Waals surface area contributed by atoms with Crippen LogP contribution in [0, 0.1) is 11.8 Å². The Bertz CT molecular complexity index is 503. The molecule has 4 rings (SSSR count). The molecule has 0 amide bonds. The van der Waals surface area contributed by atoms with Gasteiger partial charge in [0, 0.05) is 10.3 Å². The maximum atomic E-state index is 11.1. The molecule has 120 valence electrons. The van der Waals surface area contributed by atoms with E-state index in [1.807, 2.05) is 0 Å². The minimum atomic E-state index is -2.76. The van der Waals surface area contributed by atoms with Gasteiger partial charge in [0.05, 0.1) is 0 Å². The lowest BCUT2D eigenvalue weighted by Gasteiger charge is -2.43. The van der Waals surface area contributed by atoms with E-state index in [9.17, 15) is 9.79 Å². The van der Waals surface area contributed by atoms with Gasteiger partial charge >= 0.3 is 0 Å². The smallest absolute Gasteiger partial charge is 0.138 e. The average molecular weight is 365 g/mol. The quantitative estimate of drug-likeness (QED) is 0.661. The van der Waals surface area contributed by atoms with Gasteiger partial charge in [0.2, 0.25) is 0 Å². The van der Waals surface area contributed by atoms with Crippen LogP contribution in [-0.4, -0.2) is 20.1 Å². The Hall–Kier alpha value is 1.18. The zero-order chi connectivity index (χ0) is 14.9. The molecule has 0 aromatic rings. The van der Waals surface area contributed by atoms with Crippen molar-refractivity contribution in [3.63, 3.8) is 0 Å². The zero-order valence-electron chi connectivity index (χ0n) is 12.3. The summed E-state index contributed by atoms with van der Waals surface area (Å²) in [7, 11) is 0. The molecular weight excluding hydrogens is 340 g/mol. The van der Waals surface area contributed by atoms with E-state index < -0.39 is 12.8 Å². The summed E-state index contributed by atoms with van der Waals surface area (Å²) in [6, 6.07) is 0. The summed E-state index contributed by atoms with van der Waals surface area (Å²) >= 11 is 11.4. The Labute approximate surface area is 137 Å². The topological polar surface area (TPSA) is 52.5 Å². The predicted octanol–water partition coefficient (Wildman–Crippen LogP) is 3.85. The summed E-state index contributed by atoms with van der Waals surface area (Å²) in [5.41, 5.74) is 0. The first kappa shape index (κ1) is 15.7. The molecule has 0 radical (unpaired) electrons. The highest BCUT2D eigenvalue weighted by atomic mass is 32.5. The lowest BCUT2D eigenvalue weighted by Crippen LogP contribution is -2.34. The number of hydrogen-bond acceptors (Lipinski definition) is 2. The molecule has 7 heteroatoms. The van der Waals surface area contributed by atoms with E-state index in [1.54, 1.807) is 0 Å². The first-order chi connectivity index (χ1) is 9.78. The SMILES string of the molecule is OP(=S)(NP(O)(=S)C12CCC(CC1)C2)C12CCC(CC1)C2. The lowest BCUT2D eigenvalue weighted by atomic mass is 10.0. The van der Waals surface area contributed by atoms with E-state index >= 15 is 0 Å². The van der Waals surface area contributed by atoms with Crippen LogP contribution < -0.4 is 4.86 Å². The molecule has 0 aromatic carbocycles. The monoisotopic (exact) mass is 365 g/mol. The Balaban J connectivity index is 1.60. The Morgan fingerprint density at radius 1 is 0.762 bits per heavy atom. The first-order valence-electron chi connectivity index (χ1n) is 8.23. The molecular formula is C14H25NO2P2S2. The molecule has 4 fully saturated rings. The van der Waals surface area contributed by atoms with Crippen molar-refractivity contribution < 1.29 is 9.79 Å². The molecule has 0 spiro atoms. The van der Waals surface area contributed by atoms with Crippen molar-refractivity contribution in [3.8, 4) is 0 Å². The fraction of sp³-hybridized carbons (Fsp3) is 1.00. The van der Waals surface area contributed by atoms with Gasteiger partial charge in [0.25, 0.3) is 0 Å². The van der Waals surface area contributed by atoms with E-state index in [2.05, 4.69) is 4.86 Å². The van der Waals surface area contributed by atoms with Crippen LogP contribution in [0.3, 0.4) is 0 Å². The standard InChI is InChI=1S/C14H25NO2P2S2/c16-18(20,13-5-1-11(9-13)2-6-13)15-19(17,21)14-7-3-12(10-14)4-8-14/h11-12H,1-10H2,(H3,15,16,17,20,21). The van der Waals surface area contributed by atoms with Crippen LogP contribution >= 0.6 is 12.8 Å². The van der Waals surface area contributed by atoms with E-state index in [0.717, 1.165) is 50.4 Å². The van der Waals surface area contributed by atoms with Gasteiger partial charge in [-0.25, -0.2) is 4.86 Å². The molecule has 4 aliphatic rings. The fourth-order valence-electron chi connectivity index (χ4n) is 5.57. The number of hydrogen-bond donors (Lipinski definition) is 3. The van der Waals surface area contributed by atoms with Gasteiger partial charge in [-0.2, -0.15) is 0 Å². The molecule has 0 saturated heterocycles. The third-order valence-electron chi connectivity index (χ3n) is 6.97. The summed E-state index contributed by atoms with van der Waals surface area (Å²) < 4.78 is 0. The van der Waals surface area contributed by atoms with Crippen LogP contribution in [0.15, 0.2) is 0 Å². The van der Waals surface area contributed by atoms with Gasteiger partial charge in [-0.05, 0) is 99.7 Å². The summed E-state index contributed by atoms with van der Waals surface area (Å²) in [4.78, 5) is 25.5. The molecule has 4 aliphatic carbocycles. The van der Waals surface area contributed by atoms with Gasteiger partial charge in [-0.15, -0.1) is 0 Å². The molecule has 21 heavy (non-hydrogen) atoms. The molecule has 0 aromatic heterocycles. The van der Waals surface area contributed by atoms with Crippen molar-refractivity contribution in [1.82, 2.24) is 4.86 Å². The minimum Gasteiger partial charge on any atom is -0.353 e. The predicted molar refractivity (Wildman–Crippen MR) is 94.8 cm³/mol. The second-order valence-electron chi connectivity index (χ2n) is 8.00. The molecule has 3 N–H and O–H groups in total. The van der Waals surface area contributed by atoms with Crippen LogP contribution in [-0.2, 0) is 23.6 Å². The van der Waals surface area contributed by atoms with Crippen LogP contribution in [0.2, 0.25) is 0 Å². The summed E-state index contributed by atoms with van der Waals surface area (Å²) in [5.74, 6) is 1.50. The normalized spacial score (nSPS) is 50.2. The third kappa shape index (κ3) is 2.22. The molecule has 0 aliphatic heterocycles. The van der Waals surface area contributed by atoms with Crippen molar-refractivity contribution in [2.45, 2.75) is 74.5 Å². The minimum absolute atomic E-state index is 0.118. The first-order valence-corrected chi connectivity index (χ1v) is 13.7. The zero-order valence-corrected chi connectivity index (χ0v) is 15.8. The average Bonchev–Trinajstić information content (AvgIpc) is 3.18.